The van der Waals surface area contributed by atoms with E-state index < -0.39 is 5.60 Å². The van der Waals surface area contributed by atoms with Crippen molar-refractivity contribution in [1.82, 2.24) is 24.9 Å². The normalized spacial score (nSPS) is 19.4. The Morgan fingerprint density at radius 1 is 1.20 bits per heavy atom. The fourth-order valence-corrected chi connectivity index (χ4v) is 4.58. The Bertz CT molecular complexity index is 1290. The standard InChI is InChI=1S/C24H30N6O5/c1-24(2,3)35-23(32)29-10-4-5-16(13-29)30-19-17(20(25)26-27-21(19)31)18(28-30)14-6-8-15(9-7-14)22-33-11-12-34-22/h6-9,16,22H,4-5,10-13H2,1-3H3,(H2,25,26)(H,27,31). The number of nitrogens with one attached hydrogen (secondary N) is 1. The molecule has 5 rings (SSSR count). The van der Waals surface area contributed by atoms with E-state index in [4.69, 9.17) is 25.0 Å². The Morgan fingerprint density at radius 3 is 2.60 bits per heavy atom. The van der Waals surface area contributed by atoms with Crippen LogP contribution in [-0.2, 0) is 14.2 Å². The summed E-state index contributed by atoms with van der Waals surface area (Å²) in [5.41, 5.74) is 7.84. The number of carbonyl (C=O) groups is 1. The number of nitrogens with zero attached hydrogens (tertiary/aromatic N) is 4. The van der Waals surface area contributed by atoms with Crippen LogP contribution in [0, 0.1) is 0 Å². The zero-order valence-corrected chi connectivity index (χ0v) is 20.1. The molecular weight excluding hydrogens is 452 g/mol. The lowest BCUT2D eigenvalue weighted by atomic mass is 10.1. The first-order valence-electron chi connectivity index (χ1n) is 11.8. The van der Waals surface area contributed by atoms with Gasteiger partial charge in [0.2, 0.25) is 0 Å². The number of benzene rings is 1. The lowest BCUT2D eigenvalue weighted by molar-refractivity contribution is -0.0441. The predicted octanol–water partition coefficient (Wildman–Crippen LogP) is 2.99. The number of carbonyl (C=O) groups excluding carboxylic acids is 1. The smallest absolute Gasteiger partial charge is 0.410 e. The Kier molecular flexibility index (Phi) is 5.97. The highest BCUT2D eigenvalue weighted by Crippen LogP contribution is 2.34. The lowest BCUT2D eigenvalue weighted by Gasteiger charge is -2.34. The maximum absolute atomic E-state index is 12.9. The highest BCUT2D eigenvalue weighted by atomic mass is 16.7. The van der Waals surface area contributed by atoms with Gasteiger partial charge in [-0.15, -0.1) is 0 Å². The first kappa shape index (κ1) is 23.3. The van der Waals surface area contributed by atoms with Crippen LogP contribution >= 0.6 is 0 Å². The van der Waals surface area contributed by atoms with E-state index >= 15 is 0 Å². The van der Waals surface area contributed by atoms with Crippen LogP contribution in [0.1, 0.15) is 51.5 Å². The lowest BCUT2D eigenvalue weighted by Crippen LogP contribution is -2.43. The molecule has 3 N–H and O–H groups in total. The summed E-state index contributed by atoms with van der Waals surface area (Å²) in [6.07, 6.45) is 0.761. The van der Waals surface area contributed by atoms with E-state index in [1.165, 1.54) is 0 Å². The van der Waals surface area contributed by atoms with Crippen molar-refractivity contribution in [2.24, 2.45) is 0 Å². The number of hydrogen-bond acceptors (Lipinski definition) is 8. The number of rotatable bonds is 3. The molecule has 4 heterocycles. The number of H-pyrrole nitrogens is 1. The number of nitrogen functional groups attached to an aromatic ring is 1. The van der Waals surface area contributed by atoms with Crippen molar-refractivity contribution in [3.63, 3.8) is 0 Å². The number of ether oxygens (including phenoxy) is 3. The molecule has 35 heavy (non-hydrogen) atoms. The number of anilines is 1. The number of aromatic amines is 1. The van der Waals surface area contributed by atoms with E-state index in [9.17, 15) is 9.59 Å². The topological polar surface area (TPSA) is 138 Å². The number of likely N-dealkylation sites (tertiary alicyclic amines) is 1. The summed E-state index contributed by atoms with van der Waals surface area (Å²) in [6, 6.07) is 7.42. The van der Waals surface area contributed by atoms with Crippen molar-refractivity contribution in [3.8, 4) is 11.3 Å². The fraction of sp³-hybridized carbons (Fsp3) is 0.500. The van der Waals surface area contributed by atoms with Crippen LogP contribution < -0.4 is 11.3 Å². The van der Waals surface area contributed by atoms with Crippen molar-refractivity contribution in [2.45, 2.75) is 51.5 Å². The number of aromatic nitrogens is 4. The van der Waals surface area contributed by atoms with Gasteiger partial charge in [-0.05, 0) is 33.6 Å². The van der Waals surface area contributed by atoms with Crippen molar-refractivity contribution in [3.05, 3.63) is 40.2 Å². The summed E-state index contributed by atoms with van der Waals surface area (Å²) >= 11 is 0. The zero-order chi connectivity index (χ0) is 24.7. The maximum Gasteiger partial charge on any atom is 0.410 e. The molecule has 3 aromatic rings. The minimum absolute atomic E-state index is 0.187. The van der Waals surface area contributed by atoms with Crippen LogP contribution in [0.2, 0.25) is 0 Å². The summed E-state index contributed by atoms with van der Waals surface area (Å²) in [5, 5.41) is 11.8. The highest BCUT2D eigenvalue weighted by molar-refractivity contribution is 5.99. The van der Waals surface area contributed by atoms with Crippen molar-refractivity contribution >= 4 is 22.8 Å². The third-order valence-corrected chi connectivity index (χ3v) is 6.13. The second-order valence-electron chi connectivity index (χ2n) is 9.87. The molecule has 186 valence electrons. The molecule has 1 amide bonds. The average molecular weight is 483 g/mol. The van der Waals surface area contributed by atoms with Crippen LogP contribution in [0.25, 0.3) is 22.2 Å². The van der Waals surface area contributed by atoms with Gasteiger partial charge in [-0.25, -0.2) is 9.89 Å². The Morgan fingerprint density at radius 2 is 1.91 bits per heavy atom. The molecule has 1 aromatic carbocycles. The van der Waals surface area contributed by atoms with Crippen LogP contribution in [0.15, 0.2) is 29.1 Å². The van der Waals surface area contributed by atoms with Crippen LogP contribution in [0.4, 0.5) is 10.6 Å². The zero-order valence-electron chi connectivity index (χ0n) is 20.1. The van der Waals surface area contributed by atoms with Crippen molar-refractivity contribution in [1.29, 1.82) is 0 Å². The van der Waals surface area contributed by atoms with E-state index in [2.05, 4.69) is 10.2 Å². The Hall–Kier alpha value is -3.44. The molecule has 0 aliphatic carbocycles. The van der Waals surface area contributed by atoms with Gasteiger partial charge in [-0.3, -0.25) is 9.48 Å². The molecule has 1 unspecified atom stereocenters. The van der Waals surface area contributed by atoms with E-state index in [0.29, 0.717) is 42.9 Å². The number of nitrogens with two attached hydrogens (primary N) is 1. The molecule has 11 heteroatoms. The number of fused-ring (bicyclic) bond motifs is 1. The van der Waals surface area contributed by atoms with Gasteiger partial charge in [0.15, 0.2) is 12.1 Å². The second-order valence-corrected chi connectivity index (χ2v) is 9.87. The minimum Gasteiger partial charge on any atom is -0.444 e. The average Bonchev–Trinajstić information content (AvgIpc) is 3.50. The van der Waals surface area contributed by atoms with E-state index in [1.54, 1.807) is 9.58 Å². The van der Waals surface area contributed by atoms with Crippen molar-refractivity contribution < 1.29 is 19.0 Å². The van der Waals surface area contributed by atoms with Gasteiger partial charge in [0.1, 0.15) is 16.8 Å². The minimum atomic E-state index is -0.590. The number of amides is 1. The van der Waals surface area contributed by atoms with Crippen LogP contribution in [-0.4, -0.2) is 62.9 Å². The van der Waals surface area contributed by atoms with Gasteiger partial charge in [-0.1, -0.05) is 24.3 Å². The van der Waals surface area contributed by atoms with Crippen molar-refractivity contribution in [2.75, 3.05) is 32.0 Å². The van der Waals surface area contributed by atoms with Crippen LogP contribution in [0.3, 0.4) is 0 Å². The third-order valence-electron chi connectivity index (χ3n) is 6.13. The monoisotopic (exact) mass is 482 g/mol. The summed E-state index contributed by atoms with van der Waals surface area (Å²) in [4.78, 5) is 27.3. The first-order valence-corrected chi connectivity index (χ1v) is 11.8. The molecule has 2 fully saturated rings. The first-order chi connectivity index (χ1) is 16.7. The van der Waals surface area contributed by atoms with Gasteiger partial charge < -0.3 is 24.8 Å². The maximum atomic E-state index is 12.9. The van der Waals surface area contributed by atoms with Gasteiger partial charge in [-0.2, -0.15) is 10.2 Å². The third kappa shape index (κ3) is 4.61. The summed E-state index contributed by atoms with van der Waals surface area (Å²) in [5.74, 6) is 0.187. The molecule has 2 aliphatic heterocycles. The Balaban J connectivity index is 1.52. The molecule has 0 saturated carbocycles. The van der Waals surface area contributed by atoms with Gasteiger partial charge in [0.25, 0.3) is 5.56 Å². The predicted molar refractivity (Wildman–Crippen MR) is 129 cm³/mol. The van der Waals surface area contributed by atoms with Gasteiger partial charge >= 0.3 is 6.09 Å². The molecule has 2 saturated heterocycles. The van der Waals surface area contributed by atoms with E-state index in [1.807, 2.05) is 45.0 Å². The fourth-order valence-electron chi connectivity index (χ4n) is 4.58. The van der Waals surface area contributed by atoms with Crippen LogP contribution in [0.5, 0.6) is 0 Å². The summed E-state index contributed by atoms with van der Waals surface area (Å²) in [6.45, 7) is 7.61. The Labute approximate surface area is 202 Å². The summed E-state index contributed by atoms with van der Waals surface area (Å²) < 4.78 is 18.4. The summed E-state index contributed by atoms with van der Waals surface area (Å²) in [7, 11) is 0. The number of hydrogen-bond donors (Lipinski definition) is 2. The molecule has 1 atom stereocenters. The molecule has 2 aromatic heterocycles. The molecular formula is C24H30N6O5. The molecule has 0 spiro atoms. The number of piperidine rings is 1. The van der Waals surface area contributed by atoms with Gasteiger partial charge in [0, 0.05) is 24.2 Å². The highest BCUT2D eigenvalue weighted by Gasteiger charge is 2.31. The second kappa shape index (κ2) is 8.97. The SMILES string of the molecule is CC(C)(C)OC(=O)N1CCCC(n2nc(-c3ccc(C4OCCO4)cc3)c3c(N)n[nH]c(=O)c32)C1. The molecule has 11 nitrogen and oxygen atoms in total. The van der Waals surface area contributed by atoms with Gasteiger partial charge in [0.05, 0.1) is 24.6 Å². The van der Waals surface area contributed by atoms with E-state index in [0.717, 1.165) is 24.0 Å². The molecule has 0 radical (unpaired) electrons. The largest absolute Gasteiger partial charge is 0.444 e. The molecule has 0 bridgehead atoms. The molecule has 2 aliphatic rings. The van der Waals surface area contributed by atoms with E-state index in [-0.39, 0.29) is 29.8 Å². The quantitative estimate of drug-likeness (QED) is 0.581.